The number of methoxy groups -OCH3 is 1. The van der Waals surface area contributed by atoms with E-state index in [-0.39, 0.29) is 17.2 Å². The maximum atomic E-state index is 12.7. The number of thioether (sulfide) groups is 1. The van der Waals surface area contributed by atoms with Crippen LogP contribution in [0.25, 0.3) is 11.4 Å². The van der Waals surface area contributed by atoms with Crippen molar-refractivity contribution in [1.82, 2.24) is 14.8 Å². The van der Waals surface area contributed by atoms with Crippen LogP contribution in [0, 0.1) is 6.92 Å². The monoisotopic (exact) mass is 410 g/mol. The smallest absolute Gasteiger partial charge is 0.237 e. The molecule has 1 heterocycles. The zero-order valence-electron chi connectivity index (χ0n) is 17.3. The summed E-state index contributed by atoms with van der Waals surface area (Å²) in [5, 5.41) is 12.1. The van der Waals surface area contributed by atoms with Crippen LogP contribution in [0.3, 0.4) is 0 Å². The second kappa shape index (κ2) is 9.13. The number of carbonyl (C=O) groups excluding carboxylic acids is 1. The number of carbonyl (C=O) groups is 1. The first-order valence-corrected chi connectivity index (χ1v) is 10.4. The Bertz CT molecular complexity index is 983. The van der Waals surface area contributed by atoms with E-state index >= 15 is 0 Å². The lowest BCUT2D eigenvalue weighted by atomic mass is 10.2. The molecule has 3 aromatic rings. The molecule has 152 valence electrons. The van der Waals surface area contributed by atoms with Gasteiger partial charge in [-0.15, -0.1) is 10.2 Å². The summed E-state index contributed by atoms with van der Waals surface area (Å²) < 4.78 is 7.29. The lowest BCUT2D eigenvalue weighted by Gasteiger charge is -2.16. The fourth-order valence-corrected chi connectivity index (χ4v) is 3.92. The summed E-state index contributed by atoms with van der Waals surface area (Å²) in [5.41, 5.74) is 2.86. The van der Waals surface area contributed by atoms with Gasteiger partial charge in [0.1, 0.15) is 5.75 Å². The zero-order valence-corrected chi connectivity index (χ0v) is 18.2. The molecular formula is C22H26N4O2S. The number of anilines is 1. The Labute approximate surface area is 175 Å². The predicted octanol–water partition coefficient (Wildman–Crippen LogP) is 4.96. The molecule has 0 unspecified atom stereocenters. The third-order valence-corrected chi connectivity index (χ3v) is 5.52. The number of aryl methyl sites for hydroxylation is 1. The molecule has 0 radical (unpaired) electrons. The SMILES string of the molecule is COc1ccc(-c2nnc(S[C@H](C)C(=O)Nc3cccc(C)c3)n2C(C)C)cc1. The molecule has 2 aromatic carbocycles. The summed E-state index contributed by atoms with van der Waals surface area (Å²) in [5.74, 6) is 1.50. The molecule has 0 spiro atoms. The molecular weight excluding hydrogens is 384 g/mol. The van der Waals surface area contributed by atoms with Gasteiger partial charge >= 0.3 is 0 Å². The normalized spacial score (nSPS) is 12.1. The van der Waals surface area contributed by atoms with Crippen LogP contribution in [0.4, 0.5) is 5.69 Å². The maximum absolute atomic E-state index is 12.7. The fourth-order valence-electron chi connectivity index (χ4n) is 2.94. The highest BCUT2D eigenvalue weighted by Gasteiger charge is 2.22. The van der Waals surface area contributed by atoms with Gasteiger partial charge in [0.15, 0.2) is 11.0 Å². The van der Waals surface area contributed by atoms with Crippen molar-refractivity contribution in [2.45, 2.75) is 44.1 Å². The minimum atomic E-state index is -0.319. The maximum Gasteiger partial charge on any atom is 0.237 e. The molecule has 0 aliphatic heterocycles. The van der Waals surface area contributed by atoms with E-state index in [1.807, 2.05) is 62.4 Å². The molecule has 1 aromatic heterocycles. The van der Waals surface area contributed by atoms with Gasteiger partial charge in [0.2, 0.25) is 5.91 Å². The number of aromatic nitrogens is 3. The highest BCUT2D eigenvalue weighted by atomic mass is 32.2. The molecule has 0 aliphatic rings. The van der Waals surface area contributed by atoms with E-state index in [1.54, 1.807) is 7.11 Å². The van der Waals surface area contributed by atoms with Gasteiger partial charge in [-0.2, -0.15) is 0 Å². The van der Waals surface area contributed by atoms with E-state index in [0.29, 0.717) is 0 Å². The second-order valence-electron chi connectivity index (χ2n) is 7.12. The molecule has 1 atom stereocenters. The number of nitrogens with one attached hydrogen (secondary N) is 1. The molecule has 0 bridgehead atoms. The van der Waals surface area contributed by atoms with Crippen LogP contribution in [0.5, 0.6) is 5.75 Å². The number of hydrogen-bond acceptors (Lipinski definition) is 5. The molecule has 0 aliphatic carbocycles. The fraction of sp³-hybridized carbons (Fsp3) is 0.318. The van der Waals surface area contributed by atoms with Gasteiger partial charge in [-0.05, 0) is 69.7 Å². The van der Waals surface area contributed by atoms with Crippen LogP contribution in [-0.4, -0.2) is 33.0 Å². The lowest BCUT2D eigenvalue weighted by Crippen LogP contribution is -2.23. The molecule has 6 nitrogen and oxygen atoms in total. The second-order valence-corrected chi connectivity index (χ2v) is 8.43. The molecule has 7 heteroatoms. The van der Waals surface area contributed by atoms with Crippen LogP contribution in [-0.2, 0) is 4.79 Å². The Hall–Kier alpha value is -2.80. The molecule has 0 saturated carbocycles. The van der Waals surface area contributed by atoms with Gasteiger partial charge in [0, 0.05) is 17.3 Å². The van der Waals surface area contributed by atoms with E-state index < -0.39 is 0 Å². The van der Waals surface area contributed by atoms with Crippen LogP contribution in [0.15, 0.2) is 53.7 Å². The van der Waals surface area contributed by atoms with E-state index in [4.69, 9.17) is 4.74 Å². The van der Waals surface area contributed by atoms with Crippen molar-refractivity contribution in [1.29, 1.82) is 0 Å². The minimum absolute atomic E-state index is 0.0649. The summed E-state index contributed by atoms with van der Waals surface area (Å²) in [6.45, 7) is 8.04. The molecule has 3 rings (SSSR count). The zero-order chi connectivity index (χ0) is 21.0. The van der Waals surface area contributed by atoms with Gasteiger partial charge in [-0.3, -0.25) is 9.36 Å². The van der Waals surface area contributed by atoms with Crippen molar-refractivity contribution in [2.75, 3.05) is 12.4 Å². The topological polar surface area (TPSA) is 69.0 Å². The van der Waals surface area contributed by atoms with Crippen LogP contribution in [0.1, 0.15) is 32.4 Å². The Balaban J connectivity index is 1.79. The van der Waals surface area contributed by atoms with E-state index in [9.17, 15) is 4.79 Å². The summed E-state index contributed by atoms with van der Waals surface area (Å²) in [6.07, 6.45) is 0. The third kappa shape index (κ3) is 4.98. The highest BCUT2D eigenvalue weighted by molar-refractivity contribution is 8.00. The summed E-state index contributed by atoms with van der Waals surface area (Å²) in [7, 11) is 1.64. The van der Waals surface area contributed by atoms with Gasteiger partial charge in [-0.25, -0.2) is 0 Å². The highest BCUT2D eigenvalue weighted by Crippen LogP contribution is 2.31. The van der Waals surface area contributed by atoms with Crippen molar-refractivity contribution in [2.24, 2.45) is 0 Å². The van der Waals surface area contributed by atoms with Crippen LogP contribution < -0.4 is 10.1 Å². The van der Waals surface area contributed by atoms with Gasteiger partial charge in [0.05, 0.1) is 12.4 Å². The van der Waals surface area contributed by atoms with E-state index in [1.165, 1.54) is 11.8 Å². The summed E-state index contributed by atoms with van der Waals surface area (Å²) >= 11 is 1.41. The first-order valence-electron chi connectivity index (χ1n) is 9.52. The van der Waals surface area contributed by atoms with Gasteiger partial charge < -0.3 is 10.1 Å². The third-order valence-electron chi connectivity index (χ3n) is 4.47. The number of benzene rings is 2. The Morgan fingerprint density at radius 1 is 1.10 bits per heavy atom. The Kier molecular flexibility index (Phi) is 6.59. The van der Waals surface area contributed by atoms with Crippen molar-refractivity contribution < 1.29 is 9.53 Å². The first-order chi connectivity index (χ1) is 13.9. The number of amides is 1. The summed E-state index contributed by atoms with van der Waals surface area (Å²) in [6, 6.07) is 15.6. The van der Waals surface area contributed by atoms with Gasteiger partial charge in [0.25, 0.3) is 0 Å². The van der Waals surface area contributed by atoms with Crippen molar-refractivity contribution >= 4 is 23.4 Å². The lowest BCUT2D eigenvalue weighted by molar-refractivity contribution is -0.115. The van der Waals surface area contributed by atoms with Crippen molar-refractivity contribution in [3.63, 3.8) is 0 Å². The average Bonchev–Trinajstić information content (AvgIpc) is 3.11. The largest absolute Gasteiger partial charge is 0.497 e. The van der Waals surface area contributed by atoms with Crippen molar-refractivity contribution in [3.05, 3.63) is 54.1 Å². The Morgan fingerprint density at radius 2 is 1.83 bits per heavy atom. The quantitative estimate of drug-likeness (QED) is 0.558. The average molecular weight is 411 g/mol. The predicted molar refractivity (Wildman–Crippen MR) is 118 cm³/mol. The van der Waals surface area contributed by atoms with Crippen LogP contribution in [0.2, 0.25) is 0 Å². The standard InChI is InChI=1S/C22H26N4O2S/c1-14(2)26-20(17-9-11-19(28-5)12-10-17)24-25-22(26)29-16(4)21(27)23-18-8-6-7-15(3)13-18/h6-14,16H,1-5H3,(H,23,27)/t16-/m1/s1. The number of nitrogens with zero attached hydrogens (tertiary/aromatic N) is 3. The Morgan fingerprint density at radius 3 is 2.45 bits per heavy atom. The first kappa shape index (κ1) is 20.9. The molecule has 29 heavy (non-hydrogen) atoms. The van der Waals surface area contributed by atoms with E-state index in [2.05, 4.69) is 33.9 Å². The van der Waals surface area contributed by atoms with Gasteiger partial charge in [-0.1, -0.05) is 23.9 Å². The number of rotatable bonds is 7. The summed E-state index contributed by atoms with van der Waals surface area (Å²) in [4.78, 5) is 12.7. The molecule has 1 amide bonds. The molecule has 0 fully saturated rings. The minimum Gasteiger partial charge on any atom is -0.497 e. The molecule has 1 N–H and O–H groups in total. The van der Waals surface area contributed by atoms with E-state index in [0.717, 1.165) is 33.5 Å². The molecule has 0 saturated heterocycles. The number of hydrogen-bond donors (Lipinski definition) is 1. The van der Waals surface area contributed by atoms with Crippen LogP contribution >= 0.6 is 11.8 Å². The van der Waals surface area contributed by atoms with Crippen molar-refractivity contribution in [3.8, 4) is 17.1 Å². The number of ether oxygens (including phenoxy) is 1.